The fourth-order valence-corrected chi connectivity index (χ4v) is 2.21. The van der Waals surface area contributed by atoms with Gasteiger partial charge in [-0.3, -0.25) is 4.79 Å². The van der Waals surface area contributed by atoms with E-state index in [-0.39, 0.29) is 11.9 Å². The highest BCUT2D eigenvalue weighted by molar-refractivity contribution is 5.83. The second-order valence-electron chi connectivity index (χ2n) is 4.37. The number of amides is 1. The lowest BCUT2D eigenvalue weighted by molar-refractivity contribution is -0.129. The average Bonchev–Trinajstić information content (AvgIpc) is 2.72. The number of methoxy groups -OCH3 is 1. The number of nitrogens with zero attached hydrogens (tertiary/aromatic N) is 2. The van der Waals surface area contributed by atoms with Gasteiger partial charge in [0.15, 0.2) is 0 Å². The zero-order chi connectivity index (χ0) is 13.0. The molecule has 0 aromatic carbocycles. The maximum Gasteiger partial charge on any atom is 0.240 e. The van der Waals surface area contributed by atoms with Gasteiger partial charge in [-0.05, 0) is 24.6 Å². The van der Waals surface area contributed by atoms with Crippen molar-refractivity contribution in [3.05, 3.63) is 23.9 Å². The minimum absolute atomic E-state index is 0.0151. The van der Waals surface area contributed by atoms with Crippen molar-refractivity contribution in [3.8, 4) is 5.88 Å². The van der Waals surface area contributed by atoms with E-state index in [1.807, 2.05) is 24.0 Å². The fraction of sp³-hybridized carbons (Fsp3) is 0.538. The number of nitrogens with one attached hydrogen (secondary N) is 1. The number of pyridine rings is 1. The monoisotopic (exact) mass is 249 g/mol. The Labute approximate surface area is 107 Å². The SMILES string of the molecule is CCNC1CCN(Cc2ccnc(OC)c2)C1=O. The summed E-state index contributed by atoms with van der Waals surface area (Å²) < 4.78 is 5.08. The highest BCUT2D eigenvalue weighted by Gasteiger charge is 2.30. The first-order chi connectivity index (χ1) is 8.74. The molecule has 0 spiro atoms. The molecular weight excluding hydrogens is 230 g/mol. The van der Waals surface area contributed by atoms with Crippen LogP contribution in [0.4, 0.5) is 0 Å². The van der Waals surface area contributed by atoms with Crippen LogP contribution in [0.5, 0.6) is 5.88 Å². The van der Waals surface area contributed by atoms with Crippen LogP contribution in [0.15, 0.2) is 18.3 Å². The molecule has 1 N–H and O–H groups in total. The molecule has 0 radical (unpaired) electrons. The summed E-state index contributed by atoms with van der Waals surface area (Å²) in [5, 5.41) is 3.20. The topological polar surface area (TPSA) is 54.5 Å². The van der Waals surface area contributed by atoms with Crippen LogP contribution in [0, 0.1) is 0 Å². The number of aromatic nitrogens is 1. The summed E-state index contributed by atoms with van der Waals surface area (Å²) in [6, 6.07) is 3.77. The summed E-state index contributed by atoms with van der Waals surface area (Å²) in [4.78, 5) is 18.0. The van der Waals surface area contributed by atoms with Gasteiger partial charge in [0.2, 0.25) is 11.8 Å². The third-order valence-electron chi connectivity index (χ3n) is 3.13. The standard InChI is InChI=1S/C13H19N3O2/c1-3-14-11-5-7-16(13(11)17)9-10-4-6-15-12(8-10)18-2/h4,6,8,11,14H,3,5,7,9H2,1-2H3. The van der Waals surface area contributed by atoms with Crippen molar-refractivity contribution in [2.45, 2.75) is 25.9 Å². The van der Waals surface area contributed by atoms with Gasteiger partial charge in [-0.2, -0.15) is 0 Å². The Morgan fingerprint density at radius 2 is 2.44 bits per heavy atom. The normalized spacial score (nSPS) is 19.3. The van der Waals surface area contributed by atoms with Gasteiger partial charge >= 0.3 is 0 Å². The number of hydrogen-bond donors (Lipinski definition) is 1. The van der Waals surface area contributed by atoms with Crippen molar-refractivity contribution in [3.63, 3.8) is 0 Å². The van der Waals surface area contributed by atoms with E-state index in [1.54, 1.807) is 13.3 Å². The van der Waals surface area contributed by atoms with Gasteiger partial charge in [-0.15, -0.1) is 0 Å². The number of rotatable bonds is 5. The van der Waals surface area contributed by atoms with E-state index >= 15 is 0 Å². The quantitative estimate of drug-likeness (QED) is 0.838. The van der Waals surface area contributed by atoms with Gasteiger partial charge < -0.3 is 15.0 Å². The van der Waals surface area contributed by atoms with Crippen molar-refractivity contribution < 1.29 is 9.53 Å². The van der Waals surface area contributed by atoms with E-state index in [4.69, 9.17) is 4.74 Å². The molecule has 1 saturated heterocycles. The fourth-order valence-electron chi connectivity index (χ4n) is 2.21. The molecule has 1 aliphatic rings. The molecule has 1 atom stereocenters. The summed E-state index contributed by atoms with van der Waals surface area (Å²) in [6.45, 7) is 4.28. The first-order valence-corrected chi connectivity index (χ1v) is 6.25. The second kappa shape index (κ2) is 5.82. The molecule has 5 nitrogen and oxygen atoms in total. The third-order valence-corrected chi connectivity index (χ3v) is 3.13. The highest BCUT2D eigenvalue weighted by Crippen LogP contribution is 2.16. The largest absolute Gasteiger partial charge is 0.481 e. The van der Waals surface area contributed by atoms with Gasteiger partial charge in [-0.1, -0.05) is 6.92 Å². The van der Waals surface area contributed by atoms with E-state index in [0.29, 0.717) is 12.4 Å². The Bertz CT molecular complexity index is 422. The molecule has 0 bridgehead atoms. The van der Waals surface area contributed by atoms with E-state index in [0.717, 1.165) is 25.1 Å². The Kier molecular flexibility index (Phi) is 4.15. The molecule has 1 aliphatic heterocycles. The van der Waals surface area contributed by atoms with E-state index in [2.05, 4.69) is 10.3 Å². The van der Waals surface area contributed by atoms with Crippen molar-refractivity contribution in [1.29, 1.82) is 0 Å². The highest BCUT2D eigenvalue weighted by atomic mass is 16.5. The maximum atomic E-state index is 12.1. The minimum atomic E-state index is -0.0151. The minimum Gasteiger partial charge on any atom is -0.481 e. The molecule has 1 fully saturated rings. The Morgan fingerprint density at radius 1 is 1.61 bits per heavy atom. The summed E-state index contributed by atoms with van der Waals surface area (Å²) in [5.41, 5.74) is 1.05. The van der Waals surface area contributed by atoms with E-state index in [1.165, 1.54) is 0 Å². The summed E-state index contributed by atoms with van der Waals surface area (Å²) >= 11 is 0. The number of ether oxygens (including phenoxy) is 1. The average molecular weight is 249 g/mol. The van der Waals surface area contributed by atoms with Gasteiger partial charge in [0, 0.05) is 25.4 Å². The molecular formula is C13H19N3O2. The van der Waals surface area contributed by atoms with Crippen LogP contribution in [-0.2, 0) is 11.3 Å². The Hall–Kier alpha value is -1.62. The third kappa shape index (κ3) is 2.79. The molecule has 18 heavy (non-hydrogen) atoms. The molecule has 1 aromatic heterocycles. The van der Waals surface area contributed by atoms with Gasteiger partial charge in [0.25, 0.3) is 0 Å². The van der Waals surface area contributed by atoms with Gasteiger partial charge in [-0.25, -0.2) is 4.98 Å². The first kappa shape index (κ1) is 12.8. The van der Waals surface area contributed by atoms with Crippen LogP contribution in [0.2, 0.25) is 0 Å². The van der Waals surface area contributed by atoms with Crippen LogP contribution in [0.3, 0.4) is 0 Å². The Balaban J connectivity index is 1.99. The molecule has 2 rings (SSSR count). The van der Waals surface area contributed by atoms with Crippen molar-refractivity contribution in [2.75, 3.05) is 20.2 Å². The number of likely N-dealkylation sites (tertiary alicyclic amines) is 1. The summed E-state index contributed by atoms with van der Waals surface area (Å²) in [6.07, 6.45) is 2.59. The maximum absolute atomic E-state index is 12.1. The molecule has 1 unspecified atom stereocenters. The predicted octanol–water partition coefficient (Wildman–Crippen LogP) is 0.801. The van der Waals surface area contributed by atoms with Crippen LogP contribution in [0.25, 0.3) is 0 Å². The lowest BCUT2D eigenvalue weighted by Crippen LogP contribution is -2.37. The zero-order valence-corrected chi connectivity index (χ0v) is 10.8. The Morgan fingerprint density at radius 3 is 3.17 bits per heavy atom. The van der Waals surface area contributed by atoms with E-state index in [9.17, 15) is 4.79 Å². The van der Waals surface area contributed by atoms with Gasteiger partial charge in [0.05, 0.1) is 13.2 Å². The molecule has 0 aliphatic carbocycles. The second-order valence-corrected chi connectivity index (χ2v) is 4.37. The lowest BCUT2D eigenvalue weighted by atomic mass is 10.2. The summed E-state index contributed by atoms with van der Waals surface area (Å²) in [5.74, 6) is 0.773. The number of hydrogen-bond acceptors (Lipinski definition) is 4. The van der Waals surface area contributed by atoms with E-state index < -0.39 is 0 Å². The van der Waals surface area contributed by atoms with Crippen molar-refractivity contribution in [1.82, 2.24) is 15.2 Å². The van der Waals surface area contributed by atoms with Crippen LogP contribution in [-0.4, -0.2) is 42.0 Å². The lowest BCUT2D eigenvalue weighted by Gasteiger charge is -2.17. The van der Waals surface area contributed by atoms with Crippen molar-refractivity contribution in [2.24, 2.45) is 0 Å². The number of carbonyl (C=O) groups is 1. The molecule has 0 saturated carbocycles. The molecule has 1 amide bonds. The molecule has 5 heteroatoms. The number of likely N-dealkylation sites (N-methyl/N-ethyl adjacent to an activating group) is 1. The van der Waals surface area contributed by atoms with Crippen LogP contribution < -0.4 is 10.1 Å². The summed E-state index contributed by atoms with van der Waals surface area (Å²) in [7, 11) is 1.59. The smallest absolute Gasteiger partial charge is 0.240 e. The zero-order valence-electron chi connectivity index (χ0n) is 10.8. The van der Waals surface area contributed by atoms with Crippen molar-refractivity contribution >= 4 is 5.91 Å². The number of carbonyl (C=O) groups excluding carboxylic acids is 1. The molecule has 1 aromatic rings. The van der Waals surface area contributed by atoms with Crippen LogP contribution >= 0.6 is 0 Å². The van der Waals surface area contributed by atoms with Gasteiger partial charge in [0.1, 0.15) is 0 Å². The molecule has 98 valence electrons. The molecule has 2 heterocycles. The first-order valence-electron chi connectivity index (χ1n) is 6.25. The van der Waals surface area contributed by atoms with Crippen LogP contribution in [0.1, 0.15) is 18.9 Å². The predicted molar refractivity (Wildman–Crippen MR) is 68.3 cm³/mol.